The Hall–Kier alpha value is -1.38. The van der Waals surface area contributed by atoms with Gasteiger partial charge in [0.05, 0.1) is 27.1 Å². The summed E-state index contributed by atoms with van der Waals surface area (Å²) in [7, 11) is 0. The Morgan fingerprint density at radius 2 is 1.50 bits per heavy atom. The number of hydrogen-bond donors (Lipinski definition) is 2. The highest BCUT2D eigenvalue weighted by Crippen LogP contribution is 2.33. The van der Waals surface area contributed by atoms with Crippen LogP contribution in [0.1, 0.15) is 0 Å². The molecule has 0 aliphatic rings. The van der Waals surface area contributed by atoms with Crippen molar-refractivity contribution in [3.8, 4) is 0 Å². The molecule has 2 aromatic carbocycles. The van der Waals surface area contributed by atoms with Gasteiger partial charge >= 0.3 is 0 Å². The smallest absolute Gasteiger partial charge is 0.0763 e. The minimum atomic E-state index is 0.566. The lowest BCUT2D eigenvalue weighted by molar-refractivity contribution is 1.54. The molecular weight excluding hydrogens is 243 g/mol. The maximum Gasteiger partial charge on any atom is 0.0763 e. The Bertz CT molecular complexity index is 492. The third-order valence-corrected chi connectivity index (χ3v) is 2.81. The van der Waals surface area contributed by atoms with Crippen molar-refractivity contribution in [3.05, 3.63) is 52.5 Å². The monoisotopic (exact) mass is 252 g/mol. The van der Waals surface area contributed by atoms with Gasteiger partial charge in [0.15, 0.2) is 0 Å². The van der Waals surface area contributed by atoms with Gasteiger partial charge in [0.2, 0.25) is 0 Å². The third kappa shape index (κ3) is 2.23. The summed E-state index contributed by atoms with van der Waals surface area (Å²) in [5.74, 6) is 0. The lowest BCUT2D eigenvalue weighted by Crippen LogP contribution is -1.96. The minimum absolute atomic E-state index is 0.566. The SMILES string of the molecule is Nc1ccccc1Nc1c(Cl)cccc1Cl. The normalized spacial score (nSPS) is 10.1. The second-order valence-corrected chi connectivity index (χ2v) is 4.12. The van der Waals surface area contributed by atoms with E-state index in [1.54, 1.807) is 18.2 Å². The zero-order chi connectivity index (χ0) is 11.5. The molecule has 82 valence electrons. The van der Waals surface area contributed by atoms with E-state index < -0.39 is 0 Å². The van der Waals surface area contributed by atoms with Crippen molar-refractivity contribution in [2.45, 2.75) is 0 Å². The maximum atomic E-state index is 6.04. The van der Waals surface area contributed by atoms with Crippen LogP contribution in [0.25, 0.3) is 0 Å². The molecule has 2 rings (SSSR count). The first-order valence-corrected chi connectivity index (χ1v) is 5.49. The number of nitrogens with two attached hydrogens (primary N) is 1. The predicted octanol–water partition coefficient (Wildman–Crippen LogP) is 4.32. The summed E-state index contributed by atoms with van der Waals surface area (Å²) in [5, 5.41) is 4.25. The van der Waals surface area contributed by atoms with Crippen LogP contribution in [-0.4, -0.2) is 0 Å². The van der Waals surface area contributed by atoms with E-state index in [1.807, 2.05) is 24.3 Å². The van der Waals surface area contributed by atoms with Gasteiger partial charge in [-0.05, 0) is 24.3 Å². The number of rotatable bonds is 2. The highest BCUT2D eigenvalue weighted by molar-refractivity contribution is 6.39. The molecular formula is C12H10Cl2N2. The summed E-state index contributed by atoms with van der Waals surface area (Å²) >= 11 is 12.1. The topological polar surface area (TPSA) is 38.0 Å². The van der Waals surface area contributed by atoms with Gasteiger partial charge in [-0.25, -0.2) is 0 Å². The molecule has 0 unspecified atom stereocenters. The highest BCUT2D eigenvalue weighted by atomic mass is 35.5. The second-order valence-electron chi connectivity index (χ2n) is 3.31. The van der Waals surface area contributed by atoms with Crippen LogP contribution in [0.15, 0.2) is 42.5 Å². The summed E-state index contributed by atoms with van der Waals surface area (Å²) in [6.07, 6.45) is 0. The Morgan fingerprint density at radius 3 is 2.12 bits per heavy atom. The van der Waals surface area contributed by atoms with E-state index in [0.717, 1.165) is 5.69 Å². The molecule has 0 aromatic heterocycles. The number of benzene rings is 2. The van der Waals surface area contributed by atoms with Crippen LogP contribution >= 0.6 is 23.2 Å². The zero-order valence-electron chi connectivity index (χ0n) is 8.37. The quantitative estimate of drug-likeness (QED) is 0.782. The molecule has 0 amide bonds. The Morgan fingerprint density at radius 1 is 0.875 bits per heavy atom. The molecule has 0 bridgehead atoms. The summed E-state index contributed by atoms with van der Waals surface area (Å²) in [5.41, 5.74) is 7.93. The largest absolute Gasteiger partial charge is 0.397 e. The zero-order valence-corrected chi connectivity index (χ0v) is 9.89. The molecule has 16 heavy (non-hydrogen) atoms. The number of para-hydroxylation sites is 3. The summed E-state index contributed by atoms with van der Waals surface area (Å²) in [6, 6.07) is 12.8. The number of anilines is 3. The van der Waals surface area contributed by atoms with Crippen molar-refractivity contribution in [1.29, 1.82) is 0 Å². The van der Waals surface area contributed by atoms with Gasteiger partial charge < -0.3 is 11.1 Å². The van der Waals surface area contributed by atoms with Gasteiger partial charge in [0, 0.05) is 0 Å². The molecule has 0 aliphatic heterocycles. The lowest BCUT2D eigenvalue weighted by atomic mass is 10.2. The highest BCUT2D eigenvalue weighted by Gasteiger charge is 2.06. The van der Waals surface area contributed by atoms with Crippen LogP contribution < -0.4 is 11.1 Å². The molecule has 0 atom stereocenters. The van der Waals surface area contributed by atoms with Gasteiger partial charge in [-0.15, -0.1) is 0 Å². The number of halogens is 2. The van der Waals surface area contributed by atoms with Crippen molar-refractivity contribution in [2.75, 3.05) is 11.1 Å². The summed E-state index contributed by atoms with van der Waals surface area (Å²) in [6.45, 7) is 0. The number of nitrogens with one attached hydrogen (secondary N) is 1. The van der Waals surface area contributed by atoms with E-state index >= 15 is 0 Å². The van der Waals surface area contributed by atoms with Crippen LogP contribution in [0.4, 0.5) is 17.1 Å². The summed E-state index contributed by atoms with van der Waals surface area (Å²) < 4.78 is 0. The molecule has 0 aliphatic carbocycles. The Labute approximate surface area is 104 Å². The van der Waals surface area contributed by atoms with Crippen molar-refractivity contribution in [3.63, 3.8) is 0 Å². The minimum Gasteiger partial charge on any atom is -0.397 e. The average molecular weight is 253 g/mol. The number of hydrogen-bond acceptors (Lipinski definition) is 2. The third-order valence-electron chi connectivity index (χ3n) is 2.18. The molecule has 3 N–H and O–H groups in total. The van der Waals surface area contributed by atoms with Crippen LogP contribution in [0.2, 0.25) is 10.0 Å². The lowest BCUT2D eigenvalue weighted by Gasteiger charge is -2.11. The molecule has 2 aromatic rings. The van der Waals surface area contributed by atoms with Crippen molar-refractivity contribution < 1.29 is 0 Å². The molecule has 0 saturated heterocycles. The van der Waals surface area contributed by atoms with Crippen LogP contribution in [0, 0.1) is 0 Å². The van der Waals surface area contributed by atoms with E-state index in [0.29, 0.717) is 21.4 Å². The molecule has 4 heteroatoms. The molecule has 0 heterocycles. The Balaban J connectivity index is 2.38. The van der Waals surface area contributed by atoms with Crippen molar-refractivity contribution in [1.82, 2.24) is 0 Å². The van der Waals surface area contributed by atoms with E-state index in [1.165, 1.54) is 0 Å². The molecule has 0 radical (unpaired) electrons. The fraction of sp³-hybridized carbons (Fsp3) is 0. The van der Waals surface area contributed by atoms with Crippen LogP contribution in [0.3, 0.4) is 0 Å². The first kappa shape index (κ1) is 11.1. The van der Waals surface area contributed by atoms with E-state index in [-0.39, 0.29) is 0 Å². The number of nitrogen functional groups attached to an aromatic ring is 1. The van der Waals surface area contributed by atoms with E-state index in [9.17, 15) is 0 Å². The van der Waals surface area contributed by atoms with E-state index in [4.69, 9.17) is 28.9 Å². The van der Waals surface area contributed by atoms with Gasteiger partial charge in [-0.3, -0.25) is 0 Å². The average Bonchev–Trinajstić information content (AvgIpc) is 2.26. The maximum absolute atomic E-state index is 6.04. The van der Waals surface area contributed by atoms with Crippen LogP contribution in [0.5, 0.6) is 0 Å². The van der Waals surface area contributed by atoms with Crippen LogP contribution in [-0.2, 0) is 0 Å². The molecule has 0 saturated carbocycles. The van der Waals surface area contributed by atoms with Crippen molar-refractivity contribution in [2.24, 2.45) is 0 Å². The second kappa shape index (κ2) is 4.64. The van der Waals surface area contributed by atoms with Crippen molar-refractivity contribution >= 4 is 40.3 Å². The van der Waals surface area contributed by atoms with Gasteiger partial charge in [0.25, 0.3) is 0 Å². The van der Waals surface area contributed by atoms with Gasteiger partial charge in [-0.2, -0.15) is 0 Å². The molecule has 0 spiro atoms. The summed E-state index contributed by atoms with van der Waals surface area (Å²) in [4.78, 5) is 0. The Kier molecular flexibility index (Phi) is 3.22. The first-order valence-electron chi connectivity index (χ1n) is 4.74. The molecule has 2 nitrogen and oxygen atoms in total. The fourth-order valence-electron chi connectivity index (χ4n) is 1.36. The first-order chi connectivity index (χ1) is 7.68. The predicted molar refractivity (Wildman–Crippen MR) is 70.6 cm³/mol. The van der Waals surface area contributed by atoms with Gasteiger partial charge in [-0.1, -0.05) is 41.4 Å². The van der Waals surface area contributed by atoms with Gasteiger partial charge in [0.1, 0.15) is 0 Å². The molecule has 0 fully saturated rings. The fourth-order valence-corrected chi connectivity index (χ4v) is 1.85. The van der Waals surface area contributed by atoms with E-state index in [2.05, 4.69) is 5.32 Å². The standard InChI is InChI=1S/C12H10Cl2N2/c13-8-4-3-5-9(14)12(8)16-11-7-2-1-6-10(11)15/h1-7,16H,15H2.